The van der Waals surface area contributed by atoms with Crippen molar-refractivity contribution in [3.8, 4) is 0 Å². The lowest BCUT2D eigenvalue weighted by Gasteiger charge is -2.24. The number of carbonyl (C=O) groups is 2. The van der Waals surface area contributed by atoms with Gasteiger partial charge in [-0.25, -0.2) is 8.42 Å². The van der Waals surface area contributed by atoms with Crippen molar-refractivity contribution in [1.82, 2.24) is 4.31 Å². The van der Waals surface area contributed by atoms with Crippen molar-refractivity contribution in [2.75, 3.05) is 6.54 Å². The number of nitrogens with zero attached hydrogens (tertiary/aromatic N) is 1. The lowest BCUT2D eigenvalue weighted by molar-refractivity contribution is 0.0917. The number of carbonyl (C=O) groups excluding carboxylic acids is 2. The molecule has 1 aliphatic rings. The lowest BCUT2D eigenvalue weighted by Crippen LogP contribution is -2.40. The molecule has 0 spiro atoms. The van der Waals surface area contributed by atoms with Crippen molar-refractivity contribution in [3.63, 3.8) is 0 Å². The third kappa shape index (κ3) is 3.73. The molecule has 1 saturated heterocycles. The van der Waals surface area contributed by atoms with Crippen LogP contribution in [0.25, 0.3) is 0 Å². The van der Waals surface area contributed by atoms with Gasteiger partial charge in [0, 0.05) is 17.7 Å². The Hall–Kier alpha value is -2.31. The van der Waals surface area contributed by atoms with Crippen molar-refractivity contribution in [2.45, 2.75) is 44.6 Å². The number of ketones is 2. The Labute approximate surface area is 160 Å². The molecule has 0 N–H and O–H groups in total. The van der Waals surface area contributed by atoms with Gasteiger partial charge in [0.1, 0.15) is 0 Å². The summed E-state index contributed by atoms with van der Waals surface area (Å²) in [5.41, 5.74) is 2.85. The zero-order chi connectivity index (χ0) is 19.8. The molecule has 0 radical (unpaired) electrons. The van der Waals surface area contributed by atoms with E-state index >= 15 is 0 Å². The van der Waals surface area contributed by atoms with Gasteiger partial charge in [-0.05, 0) is 57.4 Å². The Morgan fingerprint density at radius 3 is 2.33 bits per heavy atom. The van der Waals surface area contributed by atoms with Crippen LogP contribution < -0.4 is 0 Å². The van der Waals surface area contributed by atoms with Gasteiger partial charge < -0.3 is 0 Å². The Kier molecular flexibility index (Phi) is 5.31. The zero-order valence-corrected chi connectivity index (χ0v) is 16.5. The number of rotatable bonds is 5. The number of Topliss-reactive ketones (excluding diaryl/α,β-unsaturated/α-hetero) is 2. The molecule has 0 bridgehead atoms. The van der Waals surface area contributed by atoms with Gasteiger partial charge in [0.05, 0.1) is 10.9 Å². The molecule has 0 saturated carbocycles. The fourth-order valence-electron chi connectivity index (χ4n) is 3.47. The van der Waals surface area contributed by atoms with Gasteiger partial charge in [-0.3, -0.25) is 9.59 Å². The highest BCUT2D eigenvalue weighted by atomic mass is 32.2. The van der Waals surface area contributed by atoms with Crippen molar-refractivity contribution < 1.29 is 18.0 Å². The molecule has 0 aromatic heterocycles. The number of aryl methyl sites for hydroxylation is 2. The first-order valence-electron chi connectivity index (χ1n) is 8.96. The van der Waals surface area contributed by atoms with Crippen molar-refractivity contribution in [1.29, 1.82) is 0 Å². The lowest BCUT2D eigenvalue weighted by atomic mass is 9.97. The maximum absolute atomic E-state index is 13.1. The van der Waals surface area contributed by atoms with E-state index < -0.39 is 16.1 Å². The van der Waals surface area contributed by atoms with Crippen LogP contribution in [0.4, 0.5) is 0 Å². The normalized spacial score (nSPS) is 17.8. The number of sulfonamides is 1. The minimum Gasteiger partial charge on any atom is -0.295 e. The zero-order valence-electron chi connectivity index (χ0n) is 15.7. The summed E-state index contributed by atoms with van der Waals surface area (Å²) in [6, 6.07) is 10.8. The third-order valence-corrected chi connectivity index (χ3v) is 6.95. The van der Waals surface area contributed by atoms with E-state index in [-0.39, 0.29) is 16.5 Å². The van der Waals surface area contributed by atoms with Crippen molar-refractivity contribution >= 4 is 21.6 Å². The Morgan fingerprint density at radius 2 is 1.70 bits per heavy atom. The molecule has 1 atom stereocenters. The Bertz CT molecular complexity index is 993. The van der Waals surface area contributed by atoms with Crippen LogP contribution in [0.3, 0.4) is 0 Å². The summed E-state index contributed by atoms with van der Waals surface area (Å²) >= 11 is 0. The van der Waals surface area contributed by atoms with Gasteiger partial charge in [-0.15, -0.1) is 0 Å². The van der Waals surface area contributed by atoms with Crippen LogP contribution in [-0.4, -0.2) is 36.9 Å². The first-order valence-corrected chi connectivity index (χ1v) is 10.4. The summed E-state index contributed by atoms with van der Waals surface area (Å²) in [6.45, 7) is 5.53. The Balaban J connectivity index is 1.94. The second kappa shape index (κ2) is 7.37. The SMILES string of the molecule is CC(=O)c1ccc(S(=O)(=O)N2CCCC2C(=O)c2cc(C)ccc2C)cc1. The average molecular weight is 385 g/mol. The van der Waals surface area contributed by atoms with E-state index in [2.05, 4.69) is 0 Å². The van der Waals surface area contributed by atoms with E-state index in [9.17, 15) is 18.0 Å². The van der Waals surface area contributed by atoms with Crippen molar-refractivity contribution in [3.05, 3.63) is 64.7 Å². The van der Waals surface area contributed by atoms with E-state index in [0.717, 1.165) is 11.1 Å². The van der Waals surface area contributed by atoms with Crippen LogP contribution >= 0.6 is 0 Å². The molecule has 2 aromatic rings. The van der Waals surface area contributed by atoms with Crippen LogP contribution in [-0.2, 0) is 10.0 Å². The largest absolute Gasteiger partial charge is 0.295 e. The van der Waals surface area contributed by atoms with E-state index in [1.54, 1.807) is 0 Å². The number of benzene rings is 2. The highest BCUT2D eigenvalue weighted by Gasteiger charge is 2.40. The van der Waals surface area contributed by atoms with E-state index in [0.29, 0.717) is 30.5 Å². The predicted octanol–water partition coefficient (Wildman–Crippen LogP) is 3.54. The van der Waals surface area contributed by atoms with Gasteiger partial charge in [-0.1, -0.05) is 29.8 Å². The number of hydrogen-bond acceptors (Lipinski definition) is 4. The van der Waals surface area contributed by atoms with Crippen LogP contribution in [0.2, 0.25) is 0 Å². The smallest absolute Gasteiger partial charge is 0.243 e. The average Bonchev–Trinajstić information content (AvgIpc) is 3.14. The summed E-state index contributed by atoms with van der Waals surface area (Å²) in [5, 5.41) is 0. The summed E-state index contributed by atoms with van der Waals surface area (Å²) in [4.78, 5) is 24.6. The van der Waals surface area contributed by atoms with E-state index in [4.69, 9.17) is 0 Å². The highest BCUT2D eigenvalue weighted by molar-refractivity contribution is 7.89. The second-order valence-corrected chi connectivity index (χ2v) is 8.93. The highest BCUT2D eigenvalue weighted by Crippen LogP contribution is 2.29. The molecule has 5 nitrogen and oxygen atoms in total. The molecule has 3 rings (SSSR count). The molecule has 1 heterocycles. The topological polar surface area (TPSA) is 71.5 Å². The van der Waals surface area contributed by atoms with E-state index in [1.807, 2.05) is 32.0 Å². The summed E-state index contributed by atoms with van der Waals surface area (Å²) < 4.78 is 27.5. The summed E-state index contributed by atoms with van der Waals surface area (Å²) in [6.07, 6.45) is 1.16. The van der Waals surface area contributed by atoms with Crippen LogP contribution in [0.5, 0.6) is 0 Å². The summed E-state index contributed by atoms with van der Waals surface area (Å²) in [5.74, 6) is -0.277. The second-order valence-electron chi connectivity index (χ2n) is 7.04. The molecule has 1 fully saturated rings. The monoisotopic (exact) mass is 385 g/mol. The van der Waals surface area contributed by atoms with Crippen LogP contribution in [0.1, 0.15) is 51.6 Å². The van der Waals surface area contributed by atoms with Crippen molar-refractivity contribution in [2.24, 2.45) is 0 Å². The molecule has 142 valence electrons. The molecule has 6 heteroatoms. The first kappa shape index (κ1) is 19.5. The fourth-order valence-corrected chi connectivity index (χ4v) is 5.12. The quantitative estimate of drug-likeness (QED) is 0.738. The van der Waals surface area contributed by atoms with Gasteiger partial charge in [0.15, 0.2) is 11.6 Å². The minimum absolute atomic E-state index is 0.105. The van der Waals surface area contributed by atoms with Crippen LogP contribution in [0, 0.1) is 13.8 Å². The van der Waals surface area contributed by atoms with Gasteiger partial charge in [0.2, 0.25) is 10.0 Å². The van der Waals surface area contributed by atoms with Gasteiger partial charge in [0.25, 0.3) is 0 Å². The summed E-state index contributed by atoms with van der Waals surface area (Å²) in [7, 11) is -3.81. The molecular formula is C21H23NO4S. The standard InChI is InChI=1S/C21H23NO4S/c1-14-6-7-15(2)19(13-14)21(24)20-5-4-12-22(20)27(25,26)18-10-8-17(9-11-18)16(3)23/h6-11,13,20H,4-5,12H2,1-3H3. The van der Waals surface area contributed by atoms with Gasteiger partial charge >= 0.3 is 0 Å². The van der Waals surface area contributed by atoms with Crippen LogP contribution in [0.15, 0.2) is 47.4 Å². The fraction of sp³-hybridized carbons (Fsp3) is 0.333. The molecule has 27 heavy (non-hydrogen) atoms. The molecule has 2 aromatic carbocycles. The van der Waals surface area contributed by atoms with E-state index in [1.165, 1.54) is 35.5 Å². The molecule has 0 aliphatic carbocycles. The maximum Gasteiger partial charge on any atom is 0.243 e. The van der Waals surface area contributed by atoms with Gasteiger partial charge in [-0.2, -0.15) is 4.31 Å². The Morgan fingerprint density at radius 1 is 1.04 bits per heavy atom. The molecule has 0 amide bonds. The molecule has 1 unspecified atom stereocenters. The maximum atomic E-state index is 13.1. The number of hydrogen-bond donors (Lipinski definition) is 0. The minimum atomic E-state index is -3.81. The molecule has 1 aliphatic heterocycles. The predicted molar refractivity (Wildman–Crippen MR) is 104 cm³/mol. The first-order chi connectivity index (χ1) is 12.7. The third-order valence-electron chi connectivity index (χ3n) is 5.03. The molecular weight excluding hydrogens is 362 g/mol.